The highest BCUT2D eigenvalue weighted by Crippen LogP contribution is 2.36. The van der Waals surface area contributed by atoms with E-state index in [9.17, 15) is 5.11 Å². The lowest BCUT2D eigenvalue weighted by Crippen LogP contribution is -2.15. The fourth-order valence-electron chi connectivity index (χ4n) is 3.69. The molecule has 1 N–H and O–H groups in total. The van der Waals surface area contributed by atoms with Gasteiger partial charge < -0.3 is 9.67 Å². The van der Waals surface area contributed by atoms with Gasteiger partial charge in [-0.3, -0.25) is 0 Å². The Labute approximate surface area is 167 Å². The molecule has 0 fully saturated rings. The maximum absolute atomic E-state index is 10.3. The molecular formula is C23H19N5O. The van der Waals surface area contributed by atoms with Gasteiger partial charge in [-0.25, -0.2) is 14.5 Å². The maximum Gasteiger partial charge on any atom is 0.164 e. The maximum atomic E-state index is 10.3. The van der Waals surface area contributed by atoms with E-state index in [4.69, 9.17) is 4.98 Å². The first-order chi connectivity index (χ1) is 14.4. The van der Waals surface area contributed by atoms with Crippen molar-refractivity contribution in [3.05, 3.63) is 97.2 Å². The topological polar surface area (TPSA) is 68.2 Å². The monoisotopic (exact) mass is 381 g/mol. The summed E-state index contributed by atoms with van der Waals surface area (Å²) in [5, 5.41) is 14.7. The van der Waals surface area contributed by atoms with Crippen LogP contribution < -0.4 is 0 Å². The van der Waals surface area contributed by atoms with Crippen molar-refractivity contribution < 1.29 is 5.11 Å². The Balaban J connectivity index is 1.78. The number of benzene rings is 2. The molecule has 3 heterocycles. The summed E-state index contributed by atoms with van der Waals surface area (Å²) in [5.74, 6) is 0. The van der Waals surface area contributed by atoms with Crippen LogP contribution in [0, 0.1) is 0 Å². The number of rotatable bonds is 5. The summed E-state index contributed by atoms with van der Waals surface area (Å²) >= 11 is 0. The zero-order valence-electron chi connectivity index (χ0n) is 15.6. The highest BCUT2D eigenvalue weighted by atomic mass is 16.3. The normalized spacial score (nSPS) is 12.3. The molecular weight excluding hydrogens is 362 g/mol. The summed E-state index contributed by atoms with van der Waals surface area (Å²) in [6.45, 7) is -0.0474. The van der Waals surface area contributed by atoms with Crippen LogP contribution in [0.15, 0.2) is 91.6 Å². The first-order valence-electron chi connectivity index (χ1n) is 9.43. The summed E-state index contributed by atoms with van der Waals surface area (Å²) < 4.78 is 3.77. The Morgan fingerprint density at radius 2 is 1.66 bits per heavy atom. The summed E-state index contributed by atoms with van der Waals surface area (Å²) in [7, 11) is 0. The van der Waals surface area contributed by atoms with Gasteiger partial charge in [-0.15, -0.1) is 0 Å². The summed E-state index contributed by atoms with van der Waals surface area (Å²) in [6.07, 6.45) is 7.22. The van der Waals surface area contributed by atoms with Crippen molar-refractivity contribution in [3.63, 3.8) is 0 Å². The second-order valence-corrected chi connectivity index (χ2v) is 6.77. The van der Waals surface area contributed by atoms with E-state index in [0.29, 0.717) is 0 Å². The second-order valence-electron chi connectivity index (χ2n) is 6.77. The third kappa shape index (κ3) is 2.99. The highest BCUT2D eigenvalue weighted by molar-refractivity contribution is 5.85. The van der Waals surface area contributed by atoms with Crippen molar-refractivity contribution in [3.8, 4) is 22.5 Å². The van der Waals surface area contributed by atoms with Crippen LogP contribution in [-0.2, 0) is 0 Å². The molecule has 0 aliphatic carbocycles. The van der Waals surface area contributed by atoms with E-state index in [1.165, 1.54) is 0 Å². The van der Waals surface area contributed by atoms with Gasteiger partial charge in [0, 0.05) is 18.0 Å². The van der Waals surface area contributed by atoms with Gasteiger partial charge in [0.1, 0.15) is 0 Å². The molecule has 6 nitrogen and oxygen atoms in total. The number of aliphatic hydroxyl groups excluding tert-OH is 1. The SMILES string of the molecule is OC[C@@H](c1ccccc1)n1cnc(-c2ccccc2)c1-c1cnn2cccnc12. The van der Waals surface area contributed by atoms with Crippen LogP contribution in [0.25, 0.3) is 28.2 Å². The molecule has 0 aliphatic rings. The first-order valence-corrected chi connectivity index (χ1v) is 9.43. The van der Waals surface area contributed by atoms with Gasteiger partial charge in [0.05, 0.1) is 42.1 Å². The van der Waals surface area contributed by atoms with Crippen LogP contribution >= 0.6 is 0 Å². The Morgan fingerprint density at radius 3 is 2.41 bits per heavy atom. The summed E-state index contributed by atoms with van der Waals surface area (Å²) in [5.41, 5.74) is 5.35. The van der Waals surface area contributed by atoms with Crippen molar-refractivity contribution >= 4 is 5.65 Å². The number of aromatic nitrogens is 5. The molecule has 0 radical (unpaired) electrons. The predicted molar refractivity (Wildman–Crippen MR) is 111 cm³/mol. The van der Waals surface area contributed by atoms with Gasteiger partial charge in [0.25, 0.3) is 0 Å². The Bertz CT molecular complexity index is 1240. The Hall–Kier alpha value is -3.77. The molecule has 0 unspecified atom stereocenters. The van der Waals surface area contributed by atoms with Crippen molar-refractivity contribution in [1.29, 1.82) is 0 Å². The lowest BCUT2D eigenvalue weighted by atomic mass is 10.0. The van der Waals surface area contributed by atoms with Crippen LogP contribution in [-0.4, -0.2) is 35.9 Å². The molecule has 142 valence electrons. The predicted octanol–water partition coefficient (Wildman–Crippen LogP) is 3.84. The number of aliphatic hydroxyl groups is 1. The lowest BCUT2D eigenvalue weighted by molar-refractivity contribution is 0.250. The van der Waals surface area contributed by atoms with Gasteiger partial charge in [0.2, 0.25) is 0 Å². The molecule has 0 bridgehead atoms. The van der Waals surface area contributed by atoms with E-state index in [1.807, 2.05) is 83.7 Å². The van der Waals surface area contributed by atoms with Crippen LogP contribution in [0.1, 0.15) is 11.6 Å². The lowest BCUT2D eigenvalue weighted by Gasteiger charge is -2.19. The standard InChI is InChI=1S/C23H19N5O/c29-15-20(17-8-3-1-4-9-17)27-16-25-21(18-10-5-2-6-11-18)22(27)19-14-26-28-13-7-12-24-23(19)28/h1-14,16,20,29H,15H2/t20-/m0/s1. The molecule has 0 saturated carbocycles. The molecule has 0 amide bonds. The Morgan fingerprint density at radius 1 is 0.897 bits per heavy atom. The highest BCUT2D eigenvalue weighted by Gasteiger charge is 2.24. The largest absolute Gasteiger partial charge is 0.394 e. The van der Waals surface area contributed by atoms with Crippen molar-refractivity contribution in [2.24, 2.45) is 0 Å². The quantitative estimate of drug-likeness (QED) is 0.502. The molecule has 2 aromatic carbocycles. The van der Waals surface area contributed by atoms with Crippen molar-refractivity contribution in [1.82, 2.24) is 24.1 Å². The minimum absolute atomic E-state index is 0.0474. The van der Waals surface area contributed by atoms with Crippen molar-refractivity contribution in [2.75, 3.05) is 6.61 Å². The molecule has 1 atom stereocenters. The van der Waals surface area contributed by atoms with Gasteiger partial charge in [-0.05, 0) is 11.6 Å². The van der Waals surface area contributed by atoms with E-state index >= 15 is 0 Å². The number of hydrogen-bond donors (Lipinski definition) is 1. The molecule has 5 rings (SSSR count). The average Bonchev–Trinajstić information content (AvgIpc) is 3.40. The third-order valence-corrected chi connectivity index (χ3v) is 5.07. The number of fused-ring (bicyclic) bond motifs is 1. The van der Waals surface area contributed by atoms with E-state index in [0.717, 1.165) is 33.7 Å². The fraction of sp³-hybridized carbons (Fsp3) is 0.0870. The van der Waals surface area contributed by atoms with E-state index in [-0.39, 0.29) is 12.6 Å². The van der Waals surface area contributed by atoms with Crippen molar-refractivity contribution in [2.45, 2.75) is 6.04 Å². The Kier molecular flexibility index (Phi) is 4.38. The zero-order valence-corrected chi connectivity index (χ0v) is 15.6. The molecule has 5 aromatic rings. The molecule has 6 heteroatoms. The number of nitrogens with zero attached hydrogens (tertiary/aromatic N) is 5. The average molecular weight is 381 g/mol. The third-order valence-electron chi connectivity index (χ3n) is 5.07. The minimum Gasteiger partial charge on any atom is -0.394 e. The zero-order chi connectivity index (χ0) is 19.6. The summed E-state index contributed by atoms with van der Waals surface area (Å²) in [4.78, 5) is 9.26. The van der Waals surface area contributed by atoms with Gasteiger partial charge in [0.15, 0.2) is 5.65 Å². The van der Waals surface area contributed by atoms with Crippen LogP contribution in [0.5, 0.6) is 0 Å². The molecule has 29 heavy (non-hydrogen) atoms. The van der Waals surface area contributed by atoms with Gasteiger partial charge >= 0.3 is 0 Å². The minimum atomic E-state index is -0.269. The van der Waals surface area contributed by atoms with E-state index < -0.39 is 0 Å². The number of hydrogen-bond acceptors (Lipinski definition) is 4. The van der Waals surface area contributed by atoms with Crippen LogP contribution in [0.2, 0.25) is 0 Å². The van der Waals surface area contributed by atoms with Crippen LogP contribution in [0.4, 0.5) is 0 Å². The fourth-order valence-corrected chi connectivity index (χ4v) is 3.69. The molecule has 0 aliphatic heterocycles. The second kappa shape index (κ2) is 7.33. The number of imidazole rings is 1. The van der Waals surface area contributed by atoms with E-state index in [2.05, 4.69) is 10.1 Å². The first kappa shape index (κ1) is 17.3. The van der Waals surface area contributed by atoms with Crippen LogP contribution in [0.3, 0.4) is 0 Å². The smallest absolute Gasteiger partial charge is 0.164 e. The van der Waals surface area contributed by atoms with Gasteiger partial charge in [-0.1, -0.05) is 60.7 Å². The van der Waals surface area contributed by atoms with E-state index in [1.54, 1.807) is 17.0 Å². The molecule has 0 saturated heterocycles. The molecule has 0 spiro atoms. The molecule has 3 aromatic heterocycles. The van der Waals surface area contributed by atoms with Gasteiger partial charge in [-0.2, -0.15) is 5.10 Å². The summed E-state index contributed by atoms with van der Waals surface area (Å²) in [6, 6.07) is 21.6.